The fraction of sp³-hybridized carbons (Fsp3) is 0.760. The molecule has 5 nitrogen and oxygen atoms in total. The van der Waals surface area contributed by atoms with Crippen LogP contribution in [-0.2, 0) is 28.2 Å². The molecule has 0 amide bonds. The molecule has 0 saturated heterocycles. The number of hydrogen-bond acceptors (Lipinski definition) is 5. The van der Waals surface area contributed by atoms with Gasteiger partial charge in [-0.25, -0.2) is 5.48 Å². The number of alkyl halides is 3. The molecule has 0 fully saturated rings. The average Bonchev–Trinajstić information content (AvgIpc) is 3.11. The summed E-state index contributed by atoms with van der Waals surface area (Å²) in [7, 11) is 1.92. The van der Waals surface area contributed by atoms with Crippen LogP contribution < -0.4 is 15.5 Å². The zero-order valence-corrected chi connectivity index (χ0v) is 20.8. The highest BCUT2D eigenvalue weighted by molar-refractivity contribution is 5.49. The second-order valence-corrected chi connectivity index (χ2v) is 9.57. The smallest absolute Gasteiger partial charge is 0.421 e. The lowest BCUT2D eigenvalue weighted by Crippen LogP contribution is -2.42. The lowest BCUT2D eigenvalue weighted by atomic mass is 9.89. The summed E-state index contributed by atoms with van der Waals surface area (Å²) < 4.78 is 52.0. The first-order valence-electron chi connectivity index (χ1n) is 12.1. The van der Waals surface area contributed by atoms with Gasteiger partial charge in [-0.1, -0.05) is 38.7 Å². The van der Waals surface area contributed by atoms with Crippen LogP contribution in [0.2, 0.25) is 0 Å². The molecular formula is C25H41F3N2O3. The Hall–Kier alpha value is -1.35. The Morgan fingerprint density at radius 2 is 1.79 bits per heavy atom. The van der Waals surface area contributed by atoms with Crippen molar-refractivity contribution in [2.45, 2.75) is 96.6 Å². The van der Waals surface area contributed by atoms with E-state index in [1.165, 1.54) is 6.07 Å². The van der Waals surface area contributed by atoms with Gasteiger partial charge in [0.2, 0.25) is 0 Å². The molecule has 2 rings (SSSR count). The van der Waals surface area contributed by atoms with Gasteiger partial charge >= 0.3 is 6.18 Å². The van der Waals surface area contributed by atoms with Gasteiger partial charge in [-0.2, -0.15) is 13.2 Å². The quantitative estimate of drug-likeness (QED) is 0.249. The maximum Gasteiger partial charge on any atom is 0.421 e. The molecule has 1 aliphatic heterocycles. The zero-order valence-electron chi connectivity index (χ0n) is 20.8. The fourth-order valence-corrected chi connectivity index (χ4v) is 3.86. The standard InChI is InChI=1S/C25H41F3N2O3/c1-6-12-19-20-17-32-24(4,25(26,27)28)21(20)13-14-22(19)31-16-11-9-7-8-10-15-30-33-18-23(2,3)29-5/h13-14,29-30H,6-12,15-18H2,1-5H3. The van der Waals surface area contributed by atoms with Crippen molar-refractivity contribution in [3.63, 3.8) is 0 Å². The van der Waals surface area contributed by atoms with Crippen molar-refractivity contribution in [3.05, 3.63) is 28.8 Å². The molecule has 190 valence electrons. The molecule has 1 aromatic carbocycles. The van der Waals surface area contributed by atoms with Crippen LogP contribution in [0.1, 0.15) is 82.9 Å². The first-order chi connectivity index (χ1) is 15.6. The van der Waals surface area contributed by atoms with Crippen LogP contribution in [0, 0.1) is 0 Å². The molecule has 2 N–H and O–H groups in total. The molecule has 0 radical (unpaired) electrons. The van der Waals surface area contributed by atoms with Gasteiger partial charge < -0.3 is 14.8 Å². The topological polar surface area (TPSA) is 51.8 Å². The largest absolute Gasteiger partial charge is 0.493 e. The van der Waals surface area contributed by atoms with Gasteiger partial charge in [-0.3, -0.25) is 4.84 Å². The third-order valence-corrected chi connectivity index (χ3v) is 6.34. The SMILES string of the molecule is CCCc1c(OCCCCCCCNOCC(C)(C)NC)ccc2c1COC2(C)C(F)(F)F. The number of halogens is 3. The van der Waals surface area contributed by atoms with E-state index in [-0.39, 0.29) is 17.7 Å². The van der Waals surface area contributed by atoms with E-state index >= 15 is 0 Å². The predicted octanol–water partition coefficient (Wildman–Crippen LogP) is 5.80. The Labute approximate surface area is 196 Å². The molecular weight excluding hydrogens is 433 g/mol. The molecule has 1 aliphatic rings. The van der Waals surface area contributed by atoms with E-state index in [0.29, 0.717) is 30.9 Å². The number of rotatable bonds is 15. The monoisotopic (exact) mass is 474 g/mol. The van der Waals surface area contributed by atoms with E-state index in [0.717, 1.165) is 57.6 Å². The highest BCUT2D eigenvalue weighted by Crippen LogP contribution is 2.49. The summed E-state index contributed by atoms with van der Waals surface area (Å²) in [5.74, 6) is 0.691. The minimum absolute atomic E-state index is 0.0257. The molecule has 0 bridgehead atoms. The van der Waals surface area contributed by atoms with Crippen LogP contribution in [0.5, 0.6) is 5.75 Å². The number of likely N-dealkylation sites (N-methyl/N-ethyl adjacent to an activating group) is 1. The van der Waals surface area contributed by atoms with Gasteiger partial charge in [0, 0.05) is 17.6 Å². The molecule has 33 heavy (non-hydrogen) atoms. The Morgan fingerprint density at radius 3 is 2.45 bits per heavy atom. The zero-order chi connectivity index (χ0) is 24.5. The van der Waals surface area contributed by atoms with E-state index < -0.39 is 11.8 Å². The van der Waals surface area contributed by atoms with Crippen molar-refractivity contribution in [1.82, 2.24) is 10.8 Å². The lowest BCUT2D eigenvalue weighted by molar-refractivity contribution is -0.272. The Balaban J connectivity index is 1.72. The number of fused-ring (bicyclic) bond motifs is 1. The van der Waals surface area contributed by atoms with Crippen molar-refractivity contribution < 1.29 is 27.5 Å². The van der Waals surface area contributed by atoms with Crippen LogP contribution in [-0.4, -0.2) is 38.5 Å². The number of benzene rings is 1. The molecule has 0 aliphatic carbocycles. The molecule has 8 heteroatoms. The van der Waals surface area contributed by atoms with E-state index in [4.69, 9.17) is 14.3 Å². The molecule has 0 aromatic heterocycles. The first-order valence-corrected chi connectivity index (χ1v) is 12.1. The third kappa shape index (κ3) is 7.57. The summed E-state index contributed by atoms with van der Waals surface area (Å²) in [5, 5.41) is 3.19. The molecule has 1 unspecified atom stereocenters. The second-order valence-electron chi connectivity index (χ2n) is 9.57. The van der Waals surface area contributed by atoms with Gasteiger partial charge in [0.15, 0.2) is 5.60 Å². The van der Waals surface area contributed by atoms with Gasteiger partial charge in [0.25, 0.3) is 0 Å². The van der Waals surface area contributed by atoms with Crippen molar-refractivity contribution in [2.24, 2.45) is 0 Å². The van der Waals surface area contributed by atoms with Crippen LogP contribution in [0.15, 0.2) is 12.1 Å². The van der Waals surface area contributed by atoms with E-state index in [9.17, 15) is 13.2 Å². The van der Waals surface area contributed by atoms with Crippen LogP contribution in [0.25, 0.3) is 0 Å². The summed E-state index contributed by atoms with van der Waals surface area (Å²) in [6.45, 7) is 9.25. The Bertz CT molecular complexity index is 740. The van der Waals surface area contributed by atoms with Gasteiger partial charge in [-0.15, -0.1) is 0 Å². The maximum absolute atomic E-state index is 13.6. The number of ether oxygens (including phenoxy) is 2. The van der Waals surface area contributed by atoms with Crippen LogP contribution >= 0.6 is 0 Å². The summed E-state index contributed by atoms with van der Waals surface area (Å²) in [6.07, 6.45) is 2.29. The second kappa shape index (κ2) is 12.4. The Kier molecular flexibility index (Phi) is 10.5. The van der Waals surface area contributed by atoms with Gasteiger partial charge in [-0.05, 0) is 64.3 Å². The fourth-order valence-electron chi connectivity index (χ4n) is 3.86. The van der Waals surface area contributed by atoms with Crippen molar-refractivity contribution in [3.8, 4) is 5.75 Å². The molecule has 1 atom stereocenters. The number of hydroxylamine groups is 1. The maximum atomic E-state index is 13.6. The highest BCUT2D eigenvalue weighted by Gasteiger charge is 2.57. The van der Waals surface area contributed by atoms with Crippen LogP contribution in [0.3, 0.4) is 0 Å². The van der Waals surface area contributed by atoms with Crippen molar-refractivity contribution in [1.29, 1.82) is 0 Å². The van der Waals surface area contributed by atoms with Gasteiger partial charge in [0.05, 0.1) is 19.8 Å². The molecule has 0 spiro atoms. The summed E-state index contributed by atoms with van der Waals surface area (Å²) in [4.78, 5) is 5.47. The van der Waals surface area contributed by atoms with E-state index in [1.807, 2.05) is 14.0 Å². The van der Waals surface area contributed by atoms with E-state index in [1.54, 1.807) is 6.07 Å². The minimum atomic E-state index is -4.45. The Morgan fingerprint density at radius 1 is 1.09 bits per heavy atom. The molecule has 1 heterocycles. The number of hydrogen-bond donors (Lipinski definition) is 2. The first kappa shape index (κ1) is 27.9. The van der Waals surface area contributed by atoms with E-state index in [2.05, 4.69) is 24.6 Å². The highest BCUT2D eigenvalue weighted by atomic mass is 19.4. The number of unbranched alkanes of at least 4 members (excludes halogenated alkanes) is 4. The summed E-state index contributed by atoms with van der Waals surface area (Å²) in [6, 6.07) is 3.21. The average molecular weight is 475 g/mol. The van der Waals surface area contributed by atoms with Crippen LogP contribution in [0.4, 0.5) is 13.2 Å². The normalized spacial score (nSPS) is 18.5. The molecule has 1 aromatic rings. The third-order valence-electron chi connectivity index (χ3n) is 6.34. The lowest BCUT2D eigenvalue weighted by Gasteiger charge is -2.27. The number of nitrogens with one attached hydrogen (secondary N) is 2. The summed E-state index contributed by atoms with van der Waals surface area (Å²) in [5.41, 5.74) is 2.43. The predicted molar refractivity (Wildman–Crippen MR) is 124 cm³/mol. The van der Waals surface area contributed by atoms with Crippen molar-refractivity contribution in [2.75, 3.05) is 26.8 Å². The summed E-state index contributed by atoms with van der Waals surface area (Å²) >= 11 is 0. The molecule has 0 saturated carbocycles. The minimum Gasteiger partial charge on any atom is -0.493 e. The van der Waals surface area contributed by atoms with Crippen molar-refractivity contribution >= 4 is 0 Å². The van der Waals surface area contributed by atoms with Gasteiger partial charge in [0.1, 0.15) is 5.75 Å².